The van der Waals surface area contributed by atoms with E-state index in [1.807, 2.05) is 24.3 Å². The van der Waals surface area contributed by atoms with Gasteiger partial charge in [-0.05, 0) is 24.3 Å². The van der Waals surface area contributed by atoms with Gasteiger partial charge in [0, 0.05) is 28.2 Å². The summed E-state index contributed by atoms with van der Waals surface area (Å²) < 4.78 is 0. The van der Waals surface area contributed by atoms with Crippen molar-refractivity contribution in [1.29, 1.82) is 0 Å². The number of nitrogens with one attached hydrogen (secondary N) is 1. The summed E-state index contributed by atoms with van der Waals surface area (Å²) in [5, 5.41) is 5.65. The van der Waals surface area contributed by atoms with Gasteiger partial charge in [-0.25, -0.2) is 5.43 Å². The first-order chi connectivity index (χ1) is 10.1. The molecule has 0 aliphatic heterocycles. The highest BCUT2D eigenvalue weighted by Crippen LogP contribution is 2.16. The molecule has 108 valence electrons. The van der Waals surface area contributed by atoms with Crippen LogP contribution in [0.5, 0.6) is 0 Å². The molecule has 0 atom stereocenters. The number of aliphatic imine (C=N–C) groups is 1. The first-order valence-electron chi connectivity index (χ1n) is 6.18. The normalized spacial score (nSPS) is 11.1. The molecule has 21 heavy (non-hydrogen) atoms. The monoisotopic (exact) mass is 320 g/mol. The van der Waals surface area contributed by atoms with Gasteiger partial charge in [0.2, 0.25) is 5.96 Å². The fraction of sp³-hybridized carbons (Fsp3) is 0.0667. The molecule has 0 aromatic heterocycles. The predicted octanol–water partition coefficient (Wildman–Crippen LogP) is 3.28. The highest BCUT2D eigenvalue weighted by Gasteiger charge is 2.07. The van der Waals surface area contributed by atoms with Gasteiger partial charge >= 0.3 is 0 Å². The summed E-state index contributed by atoms with van der Waals surface area (Å²) in [5.74, 6) is 0.232. The van der Waals surface area contributed by atoms with Crippen molar-refractivity contribution in [2.24, 2.45) is 15.8 Å². The topological polar surface area (TPSA) is 62.8 Å². The zero-order valence-corrected chi connectivity index (χ0v) is 12.9. The SMILES string of the molecule is CN=C(N)NN=C(c1ccc(Cl)cc1)c1ccc(Cl)cc1. The minimum Gasteiger partial charge on any atom is -0.369 e. The number of benzene rings is 2. The Morgan fingerprint density at radius 2 is 1.33 bits per heavy atom. The molecule has 0 aliphatic carbocycles. The van der Waals surface area contributed by atoms with Gasteiger partial charge in [0.25, 0.3) is 0 Å². The quantitative estimate of drug-likeness (QED) is 0.518. The van der Waals surface area contributed by atoms with E-state index in [0.29, 0.717) is 10.0 Å². The van der Waals surface area contributed by atoms with Crippen LogP contribution in [0.2, 0.25) is 10.0 Å². The Kier molecular flexibility index (Phi) is 5.20. The van der Waals surface area contributed by atoms with Crippen LogP contribution in [-0.4, -0.2) is 18.7 Å². The molecule has 0 bridgehead atoms. The average molecular weight is 321 g/mol. The van der Waals surface area contributed by atoms with E-state index < -0.39 is 0 Å². The van der Waals surface area contributed by atoms with Crippen LogP contribution in [0.4, 0.5) is 0 Å². The van der Waals surface area contributed by atoms with Crippen LogP contribution in [0.15, 0.2) is 58.6 Å². The lowest BCUT2D eigenvalue weighted by Gasteiger charge is -2.08. The van der Waals surface area contributed by atoms with Gasteiger partial charge in [-0.3, -0.25) is 4.99 Å². The maximum absolute atomic E-state index is 5.92. The van der Waals surface area contributed by atoms with E-state index >= 15 is 0 Å². The molecule has 2 rings (SSSR count). The summed E-state index contributed by atoms with van der Waals surface area (Å²) in [6, 6.07) is 14.8. The van der Waals surface area contributed by atoms with Gasteiger partial charge < -0.3 is 5.73 Å². The maximum Gasteiger partial charge on any atom is 0.209 e. The van der Waals surface area contributed by atoms with Crippen LogP contribution in [0.25, 0.3) is 0 Å². The summed E-state index contributed by atoms with van der Waals surface area (Å²) in [6.07, 6.45) is 0. The third-order valence-electron chi connectivity index (χ3n) is 2.76. The van der Waals surface area contributed by atoms with E-state index in [1.54, 1.807) is 31.3 Å². The van der Waals surface area contributed by atoms with Gasteiger partial charge in [0.05, 0.1) is 5.71 Å². The molecule has 0 amide bonds. The number of hydrazone groups is 1. The Morgan fingerprint density at radius 1 is 0.905 bits per heavy atom. The van der Waals surface area contributed by atoms with Gasteiger partial charge in [-0.1, -0.05) is 47.5 Å². The number of hydrogen-bond acceptors (Lipinski definition) is 2. The second kappa shape index (κ2) is 7.11. The highest BCUT2D eigenvalue weighted by atomic mass is 35.5. The van der Waals surface area contributed by atoms with Crippen molar-refractivity contribution in [3.63, 3.8) is 0 Å². The van der Waals surface area contributed by atoms with E-state index in [2.05, 4.69) is 15.5 Å². The third-order valence-corrected chi connectivity index (χ3v) is 3.26. The van der Waals surface area contributed by atoms with Crippen molar-refractivity contribution in [1.82, 2.24) is 5.43 Å². The first-order valence-corrected chi connectivity index (χ1v) is 6.93. The second-order valence-electron chi connectivity index (χ2n) is 4.19. The van der Waals surface area contributed by atoms with Crippen LogP contribution in [0, 0.1) is 0 Å². The number of rotatable bonds is 3. The van der Waals surface area contributed by atoms with E-state index in [-0.39, 0.29) is 5.96 Å². The van der Waals surface area contributed by atoms with Crippen molar-refractivity contribution >= 4 is 34.9 Å². The summed E-state index contributed by atoms with van der Waals surface area (Å²) in [4.78, 5) is 3.81. The molecular formula is C15H14Cl2N4. The molecule has 4 nitrogen and oxygen atoms in total. The Balaban J connectivity index is 2.43. The molecule has 0 fully saturated rings. The number of halogens is 2. The molecule has 0 radical (unpaired) electrons. The van der Waals surface area contributed by atoms with Gasteiger partial charge in [0.15, 0.2) is 0 Å². The summed E-state index contributed by atoms with van der Waals surface area (Å²) in [7, 11) is 1.59. The van der Waals surface area contributed by atoms with Crippen molar-refractivity contribution in [2.45, 2.75) is 0 Å². The highest BCUT2D eigenvalue weighted by molar-refractivity contribution is 6.31. The van der Waals surface area contributed by atoms with Crippen molar-refractivity contribution < 1.29 is 0 Å². The third kappa shape index (κ3) is 4.21. The lowest BCUT2D eigenvalue weighted by atomic mass is 10.0. The fourth-order valence-electron chi connectivity index (χ4n) is 1.67. The molecule has 2 aromatic rings. The van der Waals surface area contributed by atoms with Crippen LogP contribution in [-0.2, 0) is 0 Å². The Labute approximate surface area is 133 Å². The zero-order valence-electron chi connectivity index (χ0n) is 11.3. The molecular weight excluding hydrogens is 307 g/mol. The number of hydrogen-bond donors (Lipinski definition) is 2. The predicted molar refractivity (Wildman–Crippen MR) is 89.2 cm³/mol. The molecule has 6 heteroatoms. The average Bonchev–Trinajstić information content (AvgIpc) is 2.50. The fourth-order valence-corrected chi connectivity index (χ4v) is 1.93. The molecule has 0 spiro atoms. The molecule has 0 aliphatic rings. The molecule has 0 saturated carbocycles. The largest absolute Gasteiger partial charge is 0.369 e. The Hall–Kier alpha value is -2.04. The standard InChI is InChI=1S/C15H14Cl2N4/c1-19-15(18)21-20-14(10-2-6-12(16)7-3-10)11-4-8-13(17)9-5-11/h2-9H,1H3,(H3,18,19,21). The zero-order chi connectivity index (χ0) is 15.2. The lowest BCUT2D eigenvalue weighted by molar-refractivity contribution is 0.999. The Morgan fingerprint density at radius 3 is 1.71 bits per heavy atom. The summed E-state index contributed by atoms with van der Waals surface area (Å²) in [5.41, 5.74) is 10.8. The number of nitrogens with zero attached hydrogens (tertiary/aromatic N) is 2. The first kappa shape index (κ1) is 15.4. The smallest absolute Gasteiger partial charge is 0.209 e. The lowest BCUT2D eigenvalue weighted by Crippen LogP contribution is -2.28. The number of nitrogens with two attached hydrogens (primary N) is 1. The molecule has 0 saturated heterocycles. The maximum atomic E-state index is 5.92. The van der Waals surface area contributed by atoms with Crippen LogP contribution >= 0.6 is 23.2 Å². The molecule has 0 unspecified atom stereocenters. The van der Waals surface area contributed by atoms with Crippen LogP contribution in [0.3, 0.4) is 0 Å². The minimum absolute atomic E-state index is 0.232. The van der Waals surface area contributed by atoms with Gasteiger partial charge in [-0.2, -0.15) is 5.10 Å². The van der Waals surface area contributed by atoms with E-state index in [9.17, 15) is 0 Å². The molecule has 0 heterocycles. The minimum atomic E-state index is 0.232. The van der Waals surface area contributed by atoms with Crippen molar-refractivity contribution in [3.05, 3.63) is 69.7 Å². The molecule has 3 N–H and O–H groups in total. The van der Waals surface area contributed by atoms with E-state index in [0.717, 1.165) is 16.8 Å². The second-order valence-corrected chi connectivity index (χ2v) is 5.07. The number of guanidine groups is 1. The van der Waals surface area contributed by atoms with Crippen LogP contribution in [0.1, 0.15) is 11.1 Å². The van der Waals surface area contributed by atoms with Crippen LogP contribution < -0.4 is 11.2 Å². The van der Waals surface area contributed by atoms with Crippen molar-refractivity contribution in [2.75, 3.05) is 7.05 Å². The van der Waals surface area contributed by atoms with E-state index in [4.69, 9.17) is 28.9 Å². The summed E-state index contributed by atoms with van der Waals surface area (Å²) in [6.45, 7) is 0. The molecule has 2 aromatic carbocycles. The van der Waals surface area contributed by atoms with Crippen molar-refractivity contribution in [3.8, 4) is 0 Å². The Bertz CT molecular complexity index is 614. The van der Waals surface area contributed by atoms with E-state index in [1.165, 1.54) is 0 Å². The van der Waals surface area contributed by atoms with Gasteiger partial charge in [0.1, 0.15) is 0 Å². The van der Waals surface area contributed by atoms with Gasteiger partial charge in [-0.15, -0.1) is 0 Å². The summed E-state index contributed by atoms with van der Waals surface area (Å²) >= 11 is 11.8.